The highest BCUT2D eigenvalue weighted by Crippen LogP contribution is 2.11. The predicted octanol–water partition coefficient (Wildman–Crippen LogP) is 1.71. The summed E-state index contributed by atoms with van der Waals surface area (Å²) >= 11 is 0. The summed E-state index contributed by atoms with van der Waals surface area (Å²) in [7, 11) is 0. The number of hydrogen-bond donors (Lipinski definition) is 1. The van der Waals surface area contributed by atoms with Crippen molar-refractivity contribution in [3.05, 3.63) is 11.7 Å². The van der Waals surface area contributed by atoms with Gasteiger partial charge in [0.05, 0.1) is 0 Å². The van der Waals surface area contributed by atoms with Crippen LogP contribution < -0.4 is 5.32 Å². The number of piperidine rings is 1. The molecule has 2 rings (SSSR count). The molecule has 0 amide bonds. The van der Waals surface area contributed by atoms with Crippen LogP contribution in [0.5, 0.6) is 0 Å². The number of hydrogen-bond acceptors (Lipinski definition) is 4. The van der Waals surface area contributed by atoms with Gasteiger partial charge in [0.15, 0.2) is 5.82 Å². The Hall–Kier alpha value is -0.900. The molecule has 0 aromatic carbocycles. The minimum atomic E-state index is 0.536. The van der Waals surface area contributed by atoms with Crippen molar-refractivity contribution in [3.63, 3.8) is 0 Å². The molecule has 1 fully saturated rings. The highest BCUT2D eigenvalue weighted by molar-refractivity contribution is 4.90. The smallest absolute Gasteiger partial charge is 0.228 e. The predicted molar refractivity (Wildman–Crippen MR) is 57.6 cm³/mol. The first-order chi connectivity index (χ1) is 7.38. The van der Waals surface area contributed by atoms with Gasteiger partial charge in [-0.1, -0.05) is 18.5 Å². The van der Waals surface area contributed by atoms with E-state index in [1.165, 1.54) is 19.3 Å². The van der Waals surface area contributed by atoms with Gasteiger partial charge in [-0.3, -0.25) is 0 Å². The van der Waals surface area contributed by atoms with Crippen LogP contribution >= 0.6 is 0 Å². The quantitative estimate of drug-likeness (QED) is 0.820. The average molecular weight is 209 g/mol. The molecule has 1 aliphatic rings. The molecular formula is C11H19N3O. The van der Waals surface area contributed by atoms with E-state index in [0.29, 0.717) is 6.04 Å². The second-order valence-electron chi connectivity index (χ2n) is 4.21. The van der Waals surface area contributed by atoms with E-state index in [4.69, 9.17) is 4.52 Å². The number of nitrogens with zero attached hydrogens (tertiary/aromatic N) is 2. The molecule has 15 heavy (non-hydrogen) atoms. The van der Waals surface area contributed by atoms with Crippen molar-refractivity contribution in [3.8, 4) is 0 Å². The van der Waals surface area contributed by atoms with Crippen molar-refractivity contribution in [2.24, 2.45) is 0 Å². The van der Waals surface area contributed by atoms with Crippen LogP contribution in [0.15, 0.2) is 4.52 Å². The van der Waals surface area contributed by atoms with Gasteiger partial charge in [0.25, 0.3) is 0 Å². The maximum Gasteiger partial charge on any atom is 0.228 e. The molecule has 1 N–H and O–H groups in total. The monoisotopic (exact) mass is 209 g/mol. The zero-order chi connectivity index (χ0) is 10.5. The number of aromatic nitrogens is 2. The van der Waals surface area contributed by atoms with Gasteiger partial charge < -0.3 is 9.84 Å². The van der Waals surface area contributed by atoms with E-state index >= 15 is 0 Å². The summed E-state index contributed by atoms with van der Waals surface area (Å²) in [5.74, 6) is 1.64. The Morgan fingerprint density at radius 1 is 1.47 bits per heavy atom. The van der Waals surface area contributed by atoms with Crippen LogP contribution in [0.3, 0.4) is 0 Å². The Morgan fingerprint density at radius 3 is 3.13 bits per heavy atom. The SMILES string of the molecule is CCCc1noc(CC2CCCCN2)n1. The molecule has 1 atom stereocenters. The third-order valence-corrected chi connectivity index (χ3v) is 2.82. The highest BCUT2D eigenvalue weighted by atomic mass is 16.5. The lowest BCUT2D eigenvalue weighted by molar-refractivity contribution is 0.329. The summed E-state index contributed by atoms with van der Waals surface area (Å²) in [6.45, 7) is 3.25. The molecule has 2 heterocycles. The van der Waals surface area contributed by atoms with Crippen LogP contribution in [0, 0.1) is 0 Å². The fourth-order valence-corrected chi connectivity index (χ4v) is 2.01. The third-order valence-electron chi connectivity index (χ3n) is 2.82. The molecule has 0 spiro atoms. The van der Waals surface area contributed by atoms with Crippen molar-refractivity contribution in [1.82, 2.24) is 15.5 Å². The van der Waals surface area contributed by atoms with E-state index in [2.05, 4.69) is 22.4 Å². The third kappa shape index (κ3) is 3.02. The minimum absolute atomic E-state index is 0.536. The molecule has 0 aliphatic carbocycles. The van der Waals surface area contributed by atoms with Gasteiger partial charge in [0.1, 0.15) is 0 Å². The largest absolute Gasteiger partial charge is 0.339 e. The molecular weight excluding hydrogens is 190 g/mol. The van der Waals surface area contributed by atoms with Gasteiger partial charge in [0, 0.05) is 18.9 Å². The number of rotatable bonds is 4. The summed E-state index contributed by atoms with van der Waals surface area (Å²) in [6.07, 6.45) is 6.71. The zero-order valence-corrected chi connectivity index (χ0v) is 9.33. The number of nitrogens with one attached hydrogen (secondary N) is 1. The maximum absolute atomic E-state index is 5.22. The van der Waals surface area contributed by atoms with Crippen molar-refractivity contribution < 1.29 is 4.52 Å². The van der Waals surface area contributed by atoms with E-state index < -0.39 is 0 Å². The van der Waals surface area contributed by atoms with Gasteiger partial charge in [-0.15, -0.1) is 0 Å². The first-order valence-electron chi connectivity index (χ1n) is 5.93. The van der Waals surface area contributed by atoms with Crippen molar-refractivity contribution in [2.45, 2.75) is 51.5 Å². The molecule has 4 heteroatoms. The molecule has 1 saturated heterocycles. The summed E-state index contributed by atoms with van der Waals surface area (Å²) in [5.41, 5.74) is 0. The lowest BCUT2D eigenvalue weighted by Gasteiger charge is -2.21. The van der Waals surface area contributed by atoms with E-state index in [0.717, 1.165) is 37.5 Å². The molecule has 0 radical (unpaired) electrons. The molecule has 84 valence electrons. The van der Waals surface area contributed by atoms with Crippen molar-refractivity contribution in [2.75, 3.05) is 6.54 Å². The Kier molecular flexibility index (Phi) is 3.72. The van der Waals surface area contributed by atoms with Crippen LogP contribution in [-0.4, -0.2) is 22.7 Å². The normalized spacial score (nSPS) is 21.8. The van der Waals surface area contributed by atoms with Crippen molar-refractivity contribution in [1.29, 1.82) is 0 Å². The van der Waals surface area contributed by atoms with Crippen LogP contribution in [0.4, 0.5) is 0 Å². The lowest BCUT2D eigenvalue weighted by atomic mass is 10.0. The van der Waals surface area contributed by atoms with Crippen molar-refractivity contribution >= 4 is 0 Å². The Labute approximate surface area is 90.4 Å². The molecule has 1 aromatic rings. The second kappa shape index (κ2) is 5.26. The fourth-order valence-electron chi connectivity index (χ4n) is 2.01. The van der Waals surface area contributed by atoms with Gasteiger partial charge in [-0.2, -0.15) is 4.98 Å². The summed E-state index contributed by atoms with van der Waals surface area (Å²) in [5, 5.41) is 7.44. The zero-order valence-electron chi connectivity index (χ0n) is 9.33. The Morgan fingerprint density at radius 2 is 2.40 bits per heavy atom. The number of aryl methyl sites for hydroxylation is 1. The second-order valence-corrected chi connectivity index (χ2v) is 4.21. The summed E-state index contributed by atoms with van der Waals surface area (Å²) in [4.78, 5) is 4.38. The summed E-state index contributed by atoms with van der Waals surface area (Å²) < 4.78 is 5.22. The molecule has 1 aliphatic heterocycles. The lowest BCUT2D eigenvalue weighted by Crippen LogP contribution is -2.35. The van der Waals surface area contributed by atoms with E-state index in [1.54, 1.807) is 0 Å². The molecule has 1 unspecified atom stereocenters. The van der Waals surface area contributed by atoms with Crippen LogP contribution in [-0.2, 0) is 12.8 Å². The van der Waals surface area contributed by atoms with Gasteiger partial charge in [-0.25, -0.2) is 0 Å². The fraction of sp³-hybridized carbons (Fsp3) is 0.818. The minimum Gasteiger partial charge on any atom is -0.339 e. The van der Waals surface area contributed by atoms with Gasteiger partial charge in [-0.05, 0) is 25.8 Å². The average Bonchev–Trinajstić information content (AvgIpc) is 2.68. The van der Waals surface area contributed by atoms with Gasteiger partial charge in [0.2, 0.25) is 5.89 Å². The van der Waals surface area contributed by atoms with E-state index in [1.807, 2.05) is 0 Å². The molecule has 1 aromatic heterocycles. The first kappa shape index (κ1) is 10.6. The van der Waals surface area contributed by atoms with Crippen LogP contribution in [0.1, 0.15) is 44.3 Å². The topological polar surface area (TPSA) is 51.0 Å². The van der Waals surface area contributed by atoms with Gasteiger partial charge >= 0.3 is 0 Å². The Balaban J connectivity index is 1.86. The first-order valence-corrected chi connectivity index (χ1v) is 5.93. The maximum atomic E-state index is 5.22. The van der Waals surface area contributed by atoms with E-state index in [9.17, 15) is 0 Å². The molecule has 4 nitrogen and oxygen atoms in total. The molecule has 0 saturated carbocycles. The summed E-state index contributed by atoms with van der Waals surface area (Å²) in [6, 6.07) is 0.536. The van der Waals surface area contributed by atoms with Crippen LogP contribution in [0.2, 0.25) is 0 Å². The highest BCUT2D eigenvalue weighted by Gasteiger charge is 2.16. The standard InChI is InChI=1S/C11H19N3O/c1-2-5-10-13-11(15-14-10)8-9-6-3-4-7-12-9/h9,12H,2-8H2,1H3. The van der Waals surface area contributed by atoms with E-state index in [-0.39, 0.29) is 0 Å². The Bertz CT molecular complexity index is 292. The molecule has 0 bridgehead atoms. The van der Waals surface area contributed by atoms with Crippen LogP contribution in [0.25, 0.3) is 0 Å².